The van der Waals surface area contributed by atoms with Crippen LogP contribution in [0.5, 0.6) is 28.7 Å². The van der Waals surface area contributed by atoms with Crippen LogP contribution in [-0.2, 0) is 31.2 Å². The van der Waals surface area contributed by atoms with Crippen LogP contribution >= 0.6 is 0 Å². The van der Waals surface area contributed by atoms with Crippen LogP contribution in [0.25, 0.3) is 0 Å². The molecule has 7 rings (SSSR count). The van der Waals surface area contributed by atoms with E-state index in [0.29, 0.717) is 47.5 Å². The maximum Gasteiger partial charge on any atom is 0.202 e. The largest absolute Gasteiger partial charge is 0.493 e. The Hall–Kier alpha value is -6.05. The van der Waals surface area contributed by atoms with E-state index in [0.717, 1.165) is 27.8 Å². The number of ether oxygens (including phenoxy) is 6. The van der Waals surface area contributed by atoms with Crippen LogP contribution in [0, 0.1) is 0 Å². The van der Waals surface area contributed by atoms with Gasteiger partial charge < -0.3 is 28.4 Å². The molecule has 51 heavy (non-hydrogen) atoms. The Bertz CT molecular complexity index is 1970. The lowest BCUT2D eigenvalue weighted by Crippen LogP contribution is -2.14. The molecule has 7 nitrogen and oxygen atoms in total. The molecule has 0 spiro atoms. The van der Waals surface area contributed by atoms with Gasteiger partial charge in [-0.15, -0.1) is 0 Å². The molecule has 2 unspecified atom stereocenters. The van der Waals surface area contributed by atoms with Gasteiger partial charge in [-0.1, -0.05) is 127 Å². The zero-order valence-corrected chi connectivity index (χ0v) is 28.3. The molecular weight excluding hydrogens is 640 g/mol. The van der Waals surface area contributed by atoms with Crippen LogP contribution in [0.4, 0.5) is 0 Å². The van der Waals surface area contributed by atoms with Gasteiger partial charge in [-0.25, -0.2) is 0 Å². The maximum atomic E-state index is 14.5. The molecule has 0 aliphatic carbocycles. The monoisotopic (exact) mass is 678 g/mol. The third kappa shape index (κ3) is 8.58. The van der Waals surface area contributed by atoms with E-state index in [9.17, 15) is 4.79 Å². The number of Topliss-reactive ketones (excluding diaryl/α,β-unsaturated/α-hetero) is 1. The van der Waals surface area contributed by atoms with Crippen molar-refractivity contribution in [3.05, 3.63) is 185 Å². The summed E-state index contributed by atoms with van der Waals surface area (Å²) in [6, 6.07) is 48.6. The van der Waals surface area contributed by atoms with Crippen LogP contribution in [-0.4, -0.2) is 19.0 Å². The fraction of sp³-hybridized carbons (Fsp3) is 0.159. The Balaban J connectivity index is 1.19. The van der Waals surface area contributed by atoms with Crippen molar-refractivity contribution in [3.63, 3.8) is 0 Å². The van der Waals surface area contributed by atoms with Gasteiger partial charge in [0.15, 0.2) is 17.6 Å². The molecule has 0 radical (unpaired) electrons. The van der Waals surface area contributed by atoms with Crippen molar-refractivity contribution >= 4 is 5.78 Å². The molecule has 0 amide bonds. The standard InChI is InChI=1S/C44H38O7/c1-46-37-23-22-35(24-38(37)48-28-32-16-8-3-9-17-32)43-44(51-43)42(45)41-39(49-29-33-18-10-4-11-19-33)25-36(47-27-31-14-6-2-7-15-31)26-40(41)50-30-34-20-12-5-13-21-34/h2-26,43-44H,27-30H2,1H3. The Labute approximate surface area is 297 Å². The van der Waals surface area contributed by atoms with Crippen molar-refractivity contribution in [1.82, 2.24) is 0 Å². The zero-order valence-electron chi connectivity index (χ0n) is 28.3. The van der Waals surface area contributed by atoms with E-state index in [4.69, 9.17) is 28.4 Å². The minimum atomic E-state index is -0.755. The second-order valence-corrected chi connectivity index (χ2v) is 12.1. The summed E-state index contributed by atoms with van der Waals surface area (Å²) in [5, 5.41) is 0. The lowest BCUT2D eigenvalue weighted by molar-refractivity contribution is 0.0944. The van der Waals surface area contributed by atoms with Crippen LogP contribution in [0.3, 0.4) is 0 Å². The molecule has 1 saturated heterocycles. The van der Waals surface area contributed by atoms with Gasteiger partial charge in [0, 0.05) is 12.1 Å². The predicted octanol–water partition coefficient (Wildman–Crippen LogP) is 9.33. The van der Waals surface area contributed by atoms with Crippen molar-refractivity contribution in [2.75, 3.05) is 7.11 Å². The Morgan fingerprint density at radius 2 is 0.941 bits per heavy atom. The number of rotatable bonds is 16. The SMILES string of the molecule is COc1ccc(C2OC2C(=O)c2c(OCc3ccccc3)cc(OCc3ccccc3)cc2OCc2ccccc2)cc1OCc1ccccc1. The first kappa shape index (κ1) is 33.4. The van der Waals surface area contributed by atoms with Gasteiger partial charge >= 0.3 is 0 Å². The summed E-state index contributed by atoms with van der Waals surface area (Å²) < 4.78 is 36.9. The highest BCUT2D eigenvalue weighted by Crippen LogP contribution is 2.47. The summed E-state index contributed by atoms with van der Waals surface area (Å²) in [4.78, 5) is 14.5. The predicted molar refractivity (Wildman–Crippen MR) is 194 cm³/mol. The van der Waals surface area contributed by atoms with E-state index >= 15 is 0 Å². The van der Waals surface area contributed by atoms with Gasteiger partial charge in [-0.3, -0.25) is 4.79 Å². The molecule has 6 aromatic carbocycles. The van der Waals surface area contributed by atoms with E-state index < -0.39 is 12.2 Å². The van der Waals surface area contributed by atoms with Gasteiger partial charge in [-0.05, 0) is 39.9 Å². The Kier molecular flexibility index (Phi) is 10.6. The van der Waals surface area contributed by atoms with Gasteiger partial charge in [0.2, 0.25) is 5.78 Å². The first-order valence-corrected chi connectivity index (χ1v) is 16.9. The molecule has 1 aliphatic rings. The number of carbonyl (C=O) groups is 1. The van der Waals surface area contributed by atoms with E-state index in [1.807, 2.05) is 140 Å². The summed E-state index contributed by atoms with van der Waals surface area (Å²) in [6.07, 6.45) is -1.24. The van der Waals surface area contributed by atoms with Crippen molar-refractivity contribution in [1.29, 1.82) is 0 Å². The molecule has 7 heteroatoms. The molecule has 256 valence electrons. The van der Waals surface area contributed by atoms with Crippen LogP contribution < -0.4 is 23.7 Å². The second kappa shape index (κ2) is 16.1. The number of epoxide rings is 1. The van der Waals surface area contributed by atoms with E-state index in [1.165, 1.54) is 0 Å². The Morgan fingerprint density at radius 3 is 1.39 bits per heavy atom. The lowest BCUT2D eigenvalue weighted by atomic mass is 10.0. The van der Waals surface area contributed by atoms with E-state index in [2.05, 4.69) is 0 Å². The number of benzene rings is 6. The fourth-order valence-electron chi connectivity index (χ4n) is 5.76. The minimum absolute atomic E-state index is 0.247. The van der Waals surface area contributed by atoms with Gasteiger partial charge in [0.1, 0.15) is 55.3 Å². The van der Waals surface area contributed by atoms with Gasteiger partial charge in [0.05, 0.1) is 7.11 Å². The van der Waals surface area contributed by atoms with E-state index in [1.54, 1.807) is 19.2 Å². The molecule has 1 heterocycles. The fourth-order valence-corrected chi connectivity index (χ4v) is 5.76. The summed E-state index contributed by atoms with van der Waals surface area (Å²) in [6.45, 7) is 1.20. The summed E-state index contributed by atoms with van der Waals surface area (Å²) in [7, 11) is 1.60. The number of hydrogen-bond acceptors (Lipinski definition) is 7. The summed E-state index contributed by atoms with van der Waals surface area (Å²) in [5.74, 6) is 2.15. The number of ketones is 1. The highest BCUT2D eigenvalue weighted by atomic mass is 16.6. The molecule has 0 aromatic heterocycles. The third-order valence-corrected chi connectivity index (χ3v) is 8.51. The van der Waals surface area contributed by atoms with Crippen LogP contribution in [0.15, 0.2) is 152 Å². The van der Waals surface area contributed by atoms with E-state index in [-0.39, 0.29) is 19.0 Å². The molecule has 2 atom stereocenters. The lowest BCUT2D eigenvalue weighted by Gasteiger charge is -2.18. The van der Waals surface area contributed by atoms with Crippen molar-refractivity contribution in [3.8, 4) is 28.7 Å². The normalized spacial score (nSPS) is 14.7. The quantitative estimate of drug-likeness (QED) is 0.0746. The van der Waals surface area contributed by atoms with Gasteiger partial charge in [0.25, 0.3) is 0 Å². The van der Waals surface area contributed by atoms with Gasteiger partial charge in [-0.2, -0.15) is 0 Å². The zero-order chi connectivity index (χ0) is 34.8. The molecule has 1 aliphatic heterocycles. The average molecular weight is 679 g/mol. The number of methoxy groups -OCH3 is 1. The average Bonchev–Trinajstić information content (AvgIpc) is 4.00. The molecule has 0 bridgehead atoms. The van der Waals surface area contributed by atoms with Crippen molar-refractivity contribution in [2.24, 2.45) is 0 Å². The molecule has 1 fully saturated rings. The highest BCUT2D eigenvalue weighted by molar-refractivity contribution is 6.06. The molecule has 6 aromatic rings. The topological polar surface area (TPSA) is 75.8 Å². The molecule has 0 saturated carbocycles. The second-order valence-electron chi connectivity index (χ2n) is 12.1. The highest BCUT2D eigenvalue weighted by Gasteiger charge is 2.48. The maximum absolute atomic E-state index is 14.5. The van der Waals surface area contributed by atoms with Crippen LogP contribution in [0.2, 0.25) is 0 Å². The van der Waals surface area contributed by atoms with Crippen molar-refractivity contribution < 1.29 is 33.2 Å². The number of carbonyl (C=O) groups excluding carboxylic acids is 1. The smallest absolute Gasteiger partial charge is 0.202 e. The molecular formula is C44H38O7. The number of hydrogen-bond donors (Lipinski definition) is 0. The molecule has 0 N–H and O–H groups in total. The third-order valence-electron chi connectivity index (χ3n) is 8.51. The Morgan fingerprint density at radius 1 is 0.510 bits per heavy atom. The van der Waals surface area contributed by atoms with Crippen molar-refractivity contribution in [2.45, 2.75) is 38.6 Å². The first-order chi connectivity index (χ1) is 25.1. The van der Waals surface area contributed by atoms with Crippen LogP contribution in [0.1, 0.15) is 44.3 Å². The summed E-state index contributed by atoms with van der Waals surface area (Å²) in [5.41, 5.74) is 5.06. The first-order valence-electron chi connectivity index (χ1n) is 16.9. The minimum Gasteiger partial charge on any atom is -0.493 e. The summed E-state index contributed by atoms with van der Waals surface area (Å²) >= 11 is 0.